The van der Waals surface area contributed by atoms with Crippen molar-refractivity contribution in [2.45, 2.75) is 9.79 Å². The van der Waals surface area contributed by atoms with Gasteiger partial charge in [0.1, 0.15) is 5.82 Å². The van der Waals surface area contributed by atoms with Gasteiger partial charge in [-0.1, -0.05) is 42.1 Å². The summed E-state index contributed by atoms with van der Waals surface area (Å²) in [6.45, 7) is 0. The fraction of sp³-hybridized carbons (Fsp3) is 0. The van der Waals surface area contributed by atoms with E-state index in [-0.39, 0.29) is 5.56 Å². The minimum absolute atomic E-state index is 0.310. The predicted molar refractivity (Wildman–Crippen MR) is 99.8 cm³/mol. The number of nitrogens with two attached hydrogens (primary N) is 1. The first-order valence-corrected chi connectivity index (χ1v) is 9.00. The minimum atomic E-state index is -0.310. The van der Waals surface area contributed by atoms with Crippen LogP contribution in [0.15, 0.2) is 80.6 Å². The van der Waals surface area contributed by atoms with Gasteiger partial charge in [0, 0.05) is 21.2 Å². The van der Waals surface area contributed by atoms with Gasteiger partial charge in [-0.2, -0.15) is 4.98 Å². The van der Waals surface area contributed by atoms with Crippen molar-refractivity contribution in [3.8, 4) is 11.3 Å². The highest BCUT2D eigenvalue weighted by Gasteiger charge is 2.10. The lowest BCUT2D eigenvalue weighted by Gasteiger charge is -2.06. The highest BCUT2D eigenvalue weighted by molar-refractivity contribution is 7.99. The molecule has 0 fully saturated rings. The lowest BCUT2D eigenvalue weighted by atomic mass is 10.2. The van der Waals surface area contributed by atoms with Crippen LogP contribution in [0, 0.1) is 0 Å². The van der Waals surface area contributed by atoms with E-state index in [2.05, 4.69) is 41.4 Å². The van der Waals surface area contributed by atoms with Crippen LogP contribution < -0.4 is 11.3 Å². The second-order valence-electron chi connectivity index (χ2n) is 5.20. The average molecular weight is 351 g/mol. The number of nitrogen functional groups attached to an aromatic ring is 1. The van der Waals surface area contributed by atoms with Gasteiger partial charge in [-0.25, -0.2) is 0 Å². The smallest absolute Gasteiger partial charge is 0.276 e. The quantitative estimate of drug-likeness (QED) is 0.602. The topological polar surface area (TPSA) is 60.4 Å². The van der Waals surface area contributed by atoms with Crippen LogP contribution in [0.4, 0.5) is 5.82 Å². The number of anilines is 1. The first-order valence-electron chi connectivity index (χ1n) is 7.31. The Labute approximate surface area is 146 Å². The van der Waals surface area contributed by atoms with Crippen LogP contribution in [0.1, 0.15) is 0 Å². The maximum atomic E-state index is 11.5. The molecule has 0 amide bonds. The van der Waals surface area contributed by atoms with E-state index in [4.69, 9.17) is 5.73 Å². The first kappa shape index (κ1) is 15.0. The number of benzene rings is 2. The highest BCUT2D eigenvalue weighted by atomic mass is 32.2. The highest BCUT2D eigenvalue weighted by Crippen LogP contribution is 2.31. The third-order valence-corrected chi connectivity index (χ3v) is 5.41. The zero-order valence-electron chi connectivity index (χ0n) is 12.5. The number of nitrogens with zero attached hydrogens (tertiary/aromatic N) is 2. The summed E-state index contributed by atoms with van der Waals surface area (Å²) in [6.07, 6.45) is 0. The van der Waals surface area contributed by atoms with Gasteiger partial charge in [-0.3, -0.25) is 9.20 Å². The molecule has 0 radical (unpaired) electrons. The molecular weight excluding hydrogens is 338 g/mol. The summed E-state index contributed by atoms with van der Waals surface area (Å²) in [6, 6.07) is 19.9. The van der Waals surface area contributed by atoms with Crippen LogP contribution in [0.5, 0.6) is 0 Å². The maximum absolute atomic E-state index is 11.5. The van der Waals surface area contributed by atoms with E-state index in [9.17, 15) is 4.79 Å². The van der Waals surface area contributed by atoms with Crippen LogP contribution in [0.25, 0.3) is 16.2 Å². The van der Waals surface area contributed by atoms with Gasteiger partial charge in [0.25, 0.3) is 5.56 Å². The van der Waals surface area contributed by atoms with Gasteiger partial charge in [-0.05, 0) is 29.8 Å². The maximum Gasteiger partial charge on any atom is 0.276 e. The van der Waals surface area contributed by atoms with E-state index in [0.717, 1.165) is 11.3 Å². The molecule has 0 saturated heterocycles. The fourth-order valence-corrected chi connectivity index (χ4v) is 4.22. The molecule has 0 spiro atoms. The molecule has 0 aliphatic carbocycles. The minimum Gasteiger partial charge on any atom is -0.385 e. The Bertz CT molecular complexity index is 1050. The Morgan fingerprint density at radius 3 is 2.46 bits per heavy atom. The predicted octanol–water partition coefficient (Wildman–Crippen LogP) is 4.16. The number of rotatable bonds is 3. The lowest BCUT2D eigenvalue weighted by molar-refractivity contribution is 1.13. The number of thiazole rings is 1. The molecule has 0 unspecified atom stereocenters. The number of hydrogen-bond donors (Lipinski definition) is 1. The molecular formula is C18H13N3OS2. The lowest BCUT2D eigenvalue weighted by Crippen LogP contribution is -2.10. The van der Waals surface area contributed by atoms with Crippen LogP contribution >= 0.6 is 23.1 Å². The molecule has 0 atom stereocenters. The van der Waals surface area contributed by atoms with E-state index < -0.39 is 0 Å². The molecule has 4 nitrogen and oxygen atoms in total. The third kappa shape index (κ3) is 2.81. The summed E-state index contributed by atoms with van der Waals surface area (Å²) < 4.78 is 1.81. The molecule has 2 N–H and O–H groups in total. The van der Waals surface area contributed by atoms with Crippen molar-refractivity contribution in [1.82, 2.24) is 9.38 Å². The van der Waals surface area contributed by atoms with Crippen LogP contribution in [-0.2, 0) is 0 Å². The van der Waals surface area contributed by atoms with E-state index >= 15 is 0 Å². The van der Waals surface area contributed by atoms with Crippen molar-refractivity contribution in [2.24, 2.45) is 0 Å². The van der Waals surface area contributed by atoms with E-state index in [1.165, 1.54) is 27.2 Å². The van der Waals surface area contributed by atoms with Crippen molar-refractivity contribution in [3.63, 3.8) is 0 Å². The number of hydrogen-bond acceptors (Lipinski definition) is 5. The van der Waals surface area contributed by atoms with Crippen LogP contribution in [0.2, 0.25) is 0 Å². The molecule has 0 aliphatic heterocycles. The summed E-state index contributed by atoms with van der Waals surface area (Å²) >= 11 is 3.13. The summed E-state index contributed by atoms with van der Waals surface area (Å²) in [7, 11) is 0. The largest absolute Gasteiger partial charge is 0.385 e. The number of fused-ring (bicyclic) bond motifs is 1. The normalized spacial score (nSPS) is 11.0. The first-order chi connectivity index (χ1) is 11.7. The van der Waals surface area contributed by atoms with Crippen LogP contribution in [0.3, 0.4) is 0 Å². The van der Waals surface area contributed by atoms with Crippen molar-refractivity contribution in [2.75, 3.05) is 5.73 Å². The summed E-state index contributed by atoms with van der Waals surface area (Å²) in [5.41, 5.74) is 7.67. The Hall–Kier alpha value is -2.57. The summed E-state index contributed by atoms with van der Waals surface area (Å²) in [4.78, 5) is 18.4. The van der Waals surface area contributed by atoms with Gasteiger partial charge in [0.15, 0.2) is 4.96 Å². The SMILES string of the molecule is Nc1cc(=O)nc2scc(-c3ccc(Sc4ccccc4)cc3)n12. The van der Waals surface area contributed by atoms with Gasteiger partial charge in [0.05, 0.1) is 5.69 Å². The fourth-order valence-electron chi connectivity index (χ4n) is 2.48. The molecule has 2 heterocycles. The van der Waals surface area contributed by atoms with Gasteiger partial charge in [0.2, 0.25) is 0 Å². The zero-order chi connectivity index (χ0) is 16.5. The average Bonchev–Trinajstić information content (AvgIpc) is 3.00. The van der Waals surface area contributed by atoms with Crippen molar-refractivity contribution in [1.29, 1.82) is 0 Å². The van der Waals surface area contributed by atoms with E-state index in [1.54, 1.807) is 11.8 Å². The zero-order valence-corrected chi connectivity index (χ0v) is 14.2. The molecule has 118 valence electrons. The summed E-state index contributed by atoms with van der Waals surface area (Å²) in [5, 5.41) is 1.97. The molecule has 4 rings (SSSR count). The standard InChI is InChI=1S/C18H13N3OS2/c19-16-10-17(22)20-18-21(16)15(11-23-18)12-6-8-14(9-7-12)24-13-4-2-1-3-5-13/h1-11H,19H2. The molecule has 0 saturated carbocycles. The molecule has 24 heavy (non-hydrogen) atoms. The molecule has 2 aromatic heterocycles. The van der Waals surface area contributed by atoms with Gasteiger partial charge in [-0.15, -0.1) is 11.3 Å². The van der Waals surface area contributed by atoms with Gasteiger partial charge >= 0.3 is 0 Å². The summed E-state index contributed by atoms with van der Waals surface area (Å²) in [5.74, 6) is 0.406. The Kier molecular flexibility index (Phi) is 3.84. The monoisotopic (exact) mass is 351 g/mol. The Morgan fingerprint density at radius 2 is 1.71 bits per heavy atom. The van der Waals surface area contributed by atoms with Gasteiger partial charge < -0.3 is 5.73 Å². The van der Waals surface area contributed by atoms with Crippen molar-refractivity contribution in [3.05, 3.63) is 76.4 Å². The second kappa shape index (κ2) is 6.14. The molecule has 0 bridgehead atoms. The Morgan fingerprint density at radius 1 is 1.00 bits per heavy atom. The molecule has 0 aliphatic rings. The number of aromatic nitrogens is 2. The molecule has 6 heteroatoms. The second-order valence-corrected chi connectivity index (χ2v) is 7.18. The molecule has 2 aromatic carbocycles. The third-order valence-electron chi connectivity index (χ3n) is 3.57. The van der Waals surface area contributed by atoms with E-state index in [1.807, 2.05) is 28.0 Å². The van der Waals surface area contributed by atoms with E-state index in [0.29, 0.717) is 10.8 Å². The molecule has 4 aromatic rings. The van der Waals surface area contributed by atoms with Crippen molar-refractivity contribution >= 4 is 33.9 Å². The Balaban J connectivity index is 1.69. The van der Waals surface area contributed by atoms with Crippen molar-refractivity contribution < 1.29 is 0 Å². The van der Waals surface area contributed by atoms with Crippen LogP contribution in [-0.4, -0.2) is 9.38 Å².